The lowest BCUT2D eigenvalue weighted by Crippen LogP contribution is -2.47. The summed E-state index contributed by atoms with van der Waals surface area (Å²) in [6, 6.07) is 6.11. The average molecular weight is 335 g/mol. The Kier molecular flexibility index (Phi) is 4.80. The van der Waals surface area contributed by atoms with Gasteiger partial charge in [-0.1, -0.05) is 12.8 Å². The van der Waals surface area contributed by atoms with E-state index in [0.717, 1.165) is 30.6 Å². The third-order valence-corrected chi connectivity index (χ3v) is 5.86. The molecule has 3 atom stereocenters. The standard InChI is InChI=1S/C17H21NO4S/c19-12-5-7-13(8-6-12)23-10-16(20)18-14-4-2-1-3-11(14)9-15(18)17(21)22/h5-8,11,14-15,19H,1-4,9-10H2,(H,21,22). The first kappa shape index (κ1) is 16.2. The molecule has 6 heteroatoms. The number of carbonyl (C=O) groups is 2. The highest BCUT2D eigenvalue weighted by Crippen LogP contribution is 2.40. The van der Waals surface area contributed by atoms with Crippen LogP contribution in [0.4, 0.5) is 0 Å². The molecule has 1 saturated heterocycles. The minimum Gasteiger partial charge on any atom is -0.508 e. The lowest BCUT2D eigenvalue weighted by atomic mass is 9.85. The zero-order valence-electron chi connectivity index (χ0n) is 12.9. The molecule has 124 valence electrons. The molecule has 23 heavy (non-hydrogen) atoms. The van der Waals surface area contributed by atoms with Gasteiger partial charge in [0.2, 0.25) is 5.91 Å². The largest absolute Gasteiger partial charge is 0.508 e. The highest BCUT2D eigenvalue weighted by Gasteiger charge is 2.47. The molecule has 0 spiro atoms. The van der Waals surface area contributed by atoms with Crippen LogP contribution in [-0.4, -0.2) is 44.8 Å². The van der Waals surface area contributed by atoms with Gasteiger partial charge in [0, 0.05) is 10.9 Å². The van der Waals surface area contributed by atoms with Gasteiger partial charge in [-0.3, -0.25) is 4.79 Å². The number of amides is 1. The molecule has 1 aliphatic carbocycles. The van der Waals surface area contributed by atoms with Crippen LogP contribution < -0.4 is 0 Å². The second-order valence-corrected chi connectivity index (χ2v) is 7.33. The van der Waals surface area contributed by atoms with Gasteiger partial charge in [-0.25, -0.2) is 4.79 Å². The van der Waals surface area contributed by atoms with Gasteiger partial charge in [0.05, 0.1) is 5.75 Å². The quantitative estimate of drug-likeness (QED) is 0.827. The van der Waals surface area contributed by atoms with E-state index >= 15 is 0 Å². The number of rotatable bonds is 4. The van der Waals surface area contributed by atoms with Crippen molar-refractivity contribution in [2.45, 2.75) is 49.1 Å². The summed E-state index contributed by atoms with van der Waals surface area (Å²) >= 11 is 1.38. The molecule has 0 aromatic heterocycles. The molecule has 2 fully saturated rings. The summed E-state index contributed by atoms with van der Waals surface area (Å²) in [5, 5.41) is 18.7. The molecule has 1 amide bonds. The molecule has 3 unspecified atom stereocenters. The summed E-state index contributed by atoms with van der Waals surface area (Å²) in [5.74, 6) is -0.214. The van der Waals surface area contributed by atoms with Crippen molar-refractivity contribution >= 4 is 23.6 Å². The van der Waals surface area contributed by atoms with Crippen molar-refractivity contribution in [3.63, 3.8) is 0 Å². The van der Waals surface area contributed by atoms with E-state index in [1.54, 1.807) is 29.2 Å². The molecule has 2 aliphatic rings. The predicted octanol–water partition coefficient (Wildman–Crippen LogP) is 2.73. The van der Waals surface area contributed by atoms with Crippen LogP contribution in [-0.2, 0) is 9.59 Å². The van der Waals surface area contributed by atoms with Crippen LogP contribution in [0.3, 0.4) is 0 Å². The monoisotopic (exact) mass is 335 g/mol. The van der Waals surface area contributed by atoms with E-state index in [1.165, 1.54) is 11.8 Å². The molecule has 1 aromatic rings. The number of aromatic hydroxyl groups is 1. The molecular weight excluding hydrogens is 314 g/mol. The smallest absolute Gasteiger partial charge is 0.326 e. The maximum absolute atomic E-state index is 12.6. The van der Waals surface area contributed by atoms with E-state index in [9.17, 15) is 19.8 Å². The van der Waals surface area contributed by atoms with Crippen LogP contribution >= 0.6 is 11.8 Å². The highest BCUT2D eigenvalue weighted by atomic mass is 32.2. The van der Waals surface area contributed by atoms with Gasteiger partial charge < -0.3 is 15.1 Å². The Balaban J connectivity index is 1.68. The Bertz CT molecular complexity index is 589. The number of nitrogens with zero attached hydrogens (tertiary/aromatic N) is 1. The number of thioether (sulfide) groups is 1. The second kappa shape index (κ2) is 6.83. The van der Waals surface area contributed by atoms with Crippen molar-refractivity contribution in [2.75, 3.05) is 5.75 Å². The van der Waals surface area contributed by atoms with Crippen molar-refractivity contribution in [2.24, 2.45) is 5.92 Å². The first-order valence-corrected chi connectivity index (χ1v) is 9.00. The van der Waals surface area contributed by atoms with E-state index in [4.69, 9.17) is 0 Å². The van der Waals surface area contributed by atoms with Crippen LogP contribution in [0, 0.1) is 5.92 Å². The fourth-order valence-corrected chi connectivity index (χ4v) is 4.57. The molecule has 1 heterocycles. The van der Waals surface area contributed by atoms with Crippen LogP contribution in [0.1, 0.15) is 32.1 Å². The summed E-state index contributed by atoms with van der Waals surface area (Å²) < 4.78 is 0. The lowest BCUT2D eigenvalue weighted by molar-refractivity contribution is -0.148. The number of phenolic OH excluding ortho intramolecular Hbond substituents is 1. The van der Waals surface area contributed by atoms with Gasteiger partial charge in [-0.15, -0.1) is 11.8 Å². The number of aliphatic carboxylic acids is 1. The van der Waals surface area contributed by atoms with Crippen molar-refractivity contribution in [3.05, 3.63) is 24.3 Å². The first-order valence-electron chi connectivity index (χ1n) is 8.02. The average Bonchev–Trinajstić information content (AvgIpc) is 2.94. The minimum absolute atomic E-state index is 0.0927. The summed E-state index contributed by atoms with van der Waals surface area (Å²) in [4.78, 5) is 26.7. The lowest BCUT2D eigenvalue weighted by Gasteiger charge is -2.33. The fourth-order valence-electron chi connectivity index (χ4n) is 3.80. The molecule has 2 N–H and O–H groups in total. The Morgan fingerprint density at radius 2 is 1.87 bits per heavy atom. The molecule has 3 rings (SSSR count). The summed E-state index contributed by atoms with van der Waals surface area (Å²) in [6.45, 7) is 0. The van der Waals surface area contributed by atoms with E-state index < -0.39 is 12.0 Å². The van der Waals surface area contributed by atoms with Crippen LogP contribution in [0.15, 0.2) is 29.2 Å². The summed E-state index contributed by atoms with van der Waals surface area (Å²) in [5.41, 5.74) is 0. The number of carbonyl (C=O) groups excluding carboxylic acids is 1. The Labute approximate surface area is 139 Å². The van der Waals surface area contributed by atoms with E-state index in [0.29, 0.717) is 12.3 Å². The van der Waals surface area contributed by atoms with E-state index in [2.05, 4.69) is 0 Å². The van der Waals surface area contributed by atoms with Gasteiger partial charge in [0.25, 0.3) is 0 Å². The molecule has 1 saturated carbocycles. The normalized spacial score (nSPS) is 26.8. The molecule has 1 aliphatic heterocycles. The summed E-state index contributed by atoms with van der Waals surface area (Å²) in [7, 11) is 0. The molecule has 1 aromatic carbocycles. The van der Waals surface area contributed by atoms with Crippen LogP contribution in [0.25, 0.3) is 0 Å². The Hall–Kier alpha value is -1.69. The van der Waals surface area contributed by atoms with Gasteiger partial charge in [0.1, 0.15) is 11.8 Å². The first-order chi connectivity index (χ1) is 11.1. The zero-order valence-corrected chi connectivity index (χ0v) is 13.7. The van der Waals surface area contributed by atoms with Gasteiger partial charge >= 0.3 is 5.97 Å². The van der Waals surface area contributed by atoms with Crippen molar-refractivity contribution in [3.8, 4) is 5.75 Å². The third-order valence-electron chi connectivity index (χ3n) is 4.86. The fraction of sp³-hybridized carbons (Fsp3) is 0.529. The van der Waals surface area contributed by atoms with Crippen molar-refractivity contribution in [1.29, 1.82) is 0 Å². The SMILES string of the molecule is O=C(O)C1CC2CCCCC2N1C(=O)CSc1ccc(O)cc1. The number of fused-ring (bicyclic) bond motifs is 1. The maximum Gasteiger partial charge on any atom is 0.326 e. The van der Waals surface area contributed by atoms with Crippen molar-refractivity contribution in [1.82, 2.24) is 4.90 Å². The Morgan fingerprint density at radius 3 is 2.57 bits per heavy atom. The number of carboxylic acids is 1. The number of hydrogen-bond donors (Lipinski definition) is 2. The number of hydrogen-bond acceptors (Lipinski definition) is 4. The van der Waals surface area contributed by atoms with E-state index in [-0.39, 0.29) is 23.5 Å². The topological polar surface area (TPSA) is 77.8 Å². The van der Waals surface area contributed by atoms with Crippen LogP contribution in [0.2, 0.25) is 0 Å². The van der Waals surface area contributed by atoms with E-state index in [1.807, 2.05) is 0 Å². The van der Waals surface area contributed by atoms with Gasteiger partial charge in [0.15, 0.2) is 0 Å². The van der Waals surface area contributed by atoms with Gasteiger partial charge in [-0.2, -0.15) is 0 Å². The highest BCUT2D eigenvalue weighted by molar-refractivity contribution is 8.00. The number of carboxylic acid groups (broad SMARTS) is 1. The molecule has 0 bridgehead atoms. The van der Waals surface area contributed by atoms with Crippen LogP contribution in [0.5, 0.6) is 5.75 Å². The second-order valence-electron chi connectivity index (χ2n) is 6.29. The summed E-state index contributed by atoms with van der Waals surface area (Å²) in [6.07, 6.45) is 4.75. The number of likely N-dealkylation sites (tertiary alicyclic amines) is 1. The predicted molar refractivity (Wildman–Crippen MR) is 87.5 cm³/mol. The van der Waals surface area contributed by atoms with Gasteiger partial charge in [-0.05, 0) is 49.4 Å². The molecular formula is C17H21NO4S. The minimum atomic E-state index is -0.887. The third kappa shape index (κ3) is 3.47. The van der Waals surface area contributed by atoms with Crippen molar-refractivity contribution < 1.29 is 19.8 Å². The number of phenols is 1. The zero-order chi connectivity index (χ0) is 16.4. The number of benzene rings is 1. The molecule has 0 radical (unpaired) electrons. The maximum atomic E-state index is 12.6. The molecule has 5 nitrogen and oxygen atoms in total. The Morgan fingerprint density at radius 1 is 1.17 bits per heavy atom.